The van der Waals surface area contributed by atoms with E-state index in [1.165, 1.54) is 114 Å². The number of quaternary nitrogens is 1. The van der Waals surface area contributed by atoms with Crippen LogP contribution in [0.3, 0.4) is 0 Å². The van der Waals surface area contributed by atoms with E-state index in [0.717, 1.165) is 6.04 Å². The highest BCUT2D eigenvalue weighted by atomic mass is 15.3. The average molecular weight is 341 g/mol. The first-order valence-electron chi connectivity index (χ1n) is 11.3. The van der Waals surface area contributed by atoms with Crippen molar-refractivity contribution < 1.29 is 4.48 Å². The molecule has 146 valence electrons. The van der Waals surface area contributed by atoms with Gasteiger partial charge in [0.05, 0.1) is 26.7 Å². The predicted octanol–water partition coefficient (Wildman–Crippen LogP) is 7.73. The molecule has 0 aromatic carbocycles. The van der Waals surface area contributed by atoms with Crippen LogP contribution < -0.4 is 0 Å². The summed E-state index contributed by atoms with van der Waals surface area (Å²) in [6, 6.07) is 0.751. The summed E-state index contributed by atoms with van der Waals surface area (Å²) in [5.41, 5.74) is 0. The molecule has 0 saturated heterocycles. The molecule has 0 radical (unpaired) electrons. The summed E-state index contributed by atoms with van der Waals surface area (Å²) in [6.45, 7) is 8.32. The number of rotatable bonds is 18. The Morgan fingerprint density at radius 3 is 1.08 bits per heavy atom. The second-order valence-electron chi connectivity index (χ2n) is 8.90. The Kier molecular flexibility index (Phi) is 16.4. The van der Waals surface area contributed by atoms with Crippen LogP contribution in [0.2, 0.25) is 0 Å². The molecule has 0 heterocycles. The van der Waals surface area contributed by atoms with Crippen LogP contribution in [0, 0.1) is 0 Å². The van der Waals surface area contributed by atoms with Crippen molar-refractivity contribution in [3.05, 3.63) is 0 Å². The van der Waals surface area contributed by atoms with Gasteiger partial charge in [-0.05, 0) is 26.7 Å². The third-order valence-corrected chi connectivity index (χ3v) is 5.99. The topological polar surface area (TPSA) is 0 Å². The van der Waals surface area contributed by atoms with Crippen molar-refractivity contribution >= 4 is 0 Å². The predicted molar refractivity (Wildman–Crippen MR) is 112 cm³/mol. The van der Waals surface area contributed by atoms with Gasteiger partial charge in [0.15, 0.2) is 0 Å². The lowest BCUT2D eigenvalue weighted by molar-refractivity contribution is -0.911. The summed E-state index contributed by atoms with van der Waals surface area (Å²) in [5.74, 6) is 0. The standard InChI is InChI=1S/C23H50N/c1-6-7-8-9-10-11-12-13-14-15-16-17-18-19-20-21-22-24(4,5)23(2)3/h23H,6-22H2,1-5H3/q+1. The van der Waals surface area contributed by atoms with Crippen LogP contribution in [0.15, 0.2) is 0 Å². The van der Waals surface area contributed by atoms with E-state index in [0.29, 0.717) is 0 Å². The Bertz CT molecular complexity index is 244. The smallest absolute Gasteiger partial charge is 0.0829 e. The Balaban J connectivity index is 3.13. The summed E-state index contributed by atoms with van der Waals surface area (Å²) in [6.07, 6.45) is 23.3. The molecule has 0 aliphatic heterocycles. The maximum atomic E-state index is 2.37. The average Bonchev–Trinajstić information content (AvgIpc) is 2.54. The summed E-state index contributed by atoms with van der Waals surface area (Å²) in [5, 5.41) is 0. The lowest BCUT2D eigenvalue weighted by Crippen LogP contribution is -2.46. The molecule has 0 aromatic heterocycles. The van der Waals surface area contributed by atoms with Crippen molar-refractivity contribution in [2.24, 2.45) is 0 Å². The minimum absolute atomic E-state index is 0.751. The maximum Gasteiger partial charge on any atom is 0.0829 e. The second kappa shape index (κ2) is 16.4. The number of hydrogen-bond donors (Lipinski definition) is 0. The van der Waals surface area contributed by atoms with E-state index >= 15 is 0 Å². The zero-order chi connectivity index (χ0) is 18.1. The summed E-state index contributed by atoms with van der Waals surface area (Å²) < 4.78 is 1.18. The Hall–Kier alpha value is -0.0400. The van der Waals surface area contributed by atoms with Gasteiger partial charge in [0.1, 0.15) is 0 Å². The molecule has 0 N–H and O–H groups in total. The molecule has 0 aliphatic carbocycles. The number of hydrogen-bond acceptors (Lipinski definition) is 0. The van der Waals surface area contributed by atoms with Crippen molar-refractivity contribution in [3.8, 4) is 0 Å². The molecule has 1 heteroatoms. The van der Waals surface area contributed by atoms with Crippen molar-refractivity contribution in [2.75, 3.05) is 20.6 Å². The fourth-order valence-corrected chi connectivity index (χ4v) is 3.33. The summed E-state index contributed by atoms with van der Waals surface area (Å²) >= 11 is 0. The van der Waals surface area contributed by atoms with Crippen LogP contribution in [-0.4, -0.2) is 31.2 Å². The van der Waals surface area contributed by atoms with Gasteiger partial charge in [-0.3, -0.25) is 0 Å². The van der Waals surface area contributed by atoms with E-state index in [9.17, 15) is 0 Å². The quantitative estimate of drug-likeness (QED) is 0.177. The third-order valence-electron chi connectivity index (χ3n) is 5.99. The van der Waals surface area contributed by atoms with Gasteiger partial charge in [0, 0.05) is 0 Å². The zero-order valence-corrected chi connectivity index (χ0v) is 18.0. The van der Waals surface area contributed by atoms with Crippen LogP contribution in [-0.2, 0) is 0 Å². The minimum atomic E-state index is 0.751. The van der Waals surface area contributed by atoms with Gasteiger partial charge in [-0.2, -0.15) is 0 Å². The van der Waals surface area contributed by atoms with E-state index in [4.69, 9.17) is 0 Å². The van der Waals surface area contributed by atoms with Crippen LogP contribution in [0.25, 0.3) is 0 Å². The lowest BCUT2D eigenvalue weighted by atomic mass is 10.0. The molecule has 0 bridgehead atoms. The third kappa shape index (κ3) is 15.5. The molecule has 0 aliphatic rings. The van der Waals surface area contributed by atoms with Crippen molar-refractivity contribution in [3.63, 3.8) is 0 Å². The Morgan fingerprint density at radius 1 is 0.500 bits per heavy atom. The van der Waals surface area contributed by atoms with Crippen LogP contribution in [0.4, 0.5) is 0 Å². The fourth-order valence-electron chi connectivity index (χ4n) is 3.33. The molecule has 1 nitrogen and oxygen atoms in total. The van der Waals surface area contributed by atoms with Crippen molar-refractivity contribution in [1.29, 1.82) is 0 Å². The summed E-state index contributed by atoms with van der Waals surface area (Å²) in [7, 11) is 4.74. The first-order valence-corrected chi connectivity index (χ1v) is 11.3. The van der Waals surface area contributed by atoms with Gasteiger partial charge in [-0.1, -0.05) is 96.8 Å². The fraction of sp³-hybridized carbons (Fsp3) is 1.00. The highest BCUT2D eigenvalue weighted by molar-refractivity contribution is 4.50. The van der Waals surface area contributed by atoms with E-state index < -0.39 is 0 Å². The van der Waals surface area contributed by atoms with E-state index in [1.54, 1.807) is 0 Å². The monoisotopic (exact) mass is 340 g/mol. The van der Waals surface area contributed by atoms with Gasteiger partial charge in [0.25, 0.3) is 0 Å². The lowest BCUT2D eigenvalue weighted by Gasteiger charge is -2.34. The summed E-state index contributed by atoms with van der Waals surface area (Å²) in [4.78, 5) is 0. The molecule has 0 rings (SSSR count). The largest absolute Gasteiger partial charge is 0.327 e. The molecule has 0 unspecified atom stereocenters. The molecule has 0 atom stereocenters. The molecule has 24 heavy (non-hydrogen) atoms. The molecular weight excluding hydrogens is 290 g/mol. The van der Waals surface area contributed by atoms with Crippen LogP contribution >= 0.6 is 0 Å². The molecule has 0 aromatic rings. The van der Waals surface area contributed by atoms with E-state index in [2.05, 4.69) is 34.9 Å². The zero-order valence-electron chi connectivity index (χ0n) is 18.0. The Morgan fingerprint density at radius 2 is 0.792 bits per heavy atom. The highest BCUT2D eigenvalue weighted by Crippen LogP contribution is 2.14. The molecule has 0 saturated carbocycles. The van der Waals surface area contributed by atoms with E-state index in [-0.39, 0.29) is 0 Å². The van der Waals surface area contributed by atoms with Gasteiger partial charge in [-0.25, -0.2) is 0 Å². The van der Waals surface area contributed by atoms with Gasteiger partial charge < -0.3 is 4.48 Å². The van der Waals surface area contributed by atoms with Gasteiger partial charge in [-0.15, -0.1) is 0 Å². The first kappa shape index (κ1) is 24.0. The van der Waals surface area contributed by atoms with Gasteiger partial charge in [0.2, 0.25) is 0 Å². The first-order chi connectivity index (χ1) is 11.5. The Labute approximate surface area is 155 Å². The molecule has 0 fully saturated rings. The highest BCUT2D eigenvalue weighted by Gasteiger charge is 2.18. The molecule has 0 amide bonds. The van der Waals surface area contributed by atoms with Crippen molar-refractivity contribution in [2.45, 2.75) is 130 Å². The normalized spacial score (nSPS) is 12.2. The minimum Gasteiger partial charge on any atom is -0.327 e. The number of unbranched alkanes of at least 4 members (excludes halogenated alkanes) is 15. The second-order valence-corrected chi connectivity index (χ2v) is 8.90. The van der Waals surface area contributed by atoms with Crippen LogP contribution in [0.5, 0.6) is 0 Å². The van der Waals surface area contributed by atoms with E-state index in [1.807, 2.05) is 0 Å². The maximum absolute atomic E-state index is 2.37. The van der Waals surface area contributed by atoms with Gasteiger partial charge >= 0.3 is 0 Å². The van der Waals surface area contributed by atoms with Crippen LogP contribution in [0.1, 0.15) is 124 Å². The number of nitrogens with zero attached hydrogens (tertiary/aromatic N) is 1. The molecule has 0 spiro atoms. The molecular formula is C23H50N+. The van der Waals surface area contributed by atoms with Crippen molar-refractivity contribution in [1.82, 2.24) is 0 Å². The SMILES string of the molecule is CCCCCCCCCCCCCCCCCC[N+](C)(C)C(C)C.